The molecule has 204 valence electrons. The average molecular weight is 531 g/mol. The van der Waals surface area contributed by atoms with Gasteiger partial charge in [0.25, 0.3) is 5.91 Å². The number of hydrogen-bond donors (Lipinski definition) is 2. The summed E-state index contributed by atoms with van der Waals surface area (Å²) in [5, 5.41) is 13.0. The highest BCUT2D eigenvalue weighted by atomic mass is 16.6. The third kappa shape index (κ3) is 5.36. The minimum Gasteiger partial charge on any atom is -0.497 e. The summed E-state index contributed by atoms with van der Waals surface area (Å²) in [5.74, 6) is 1.23. The zero-order valence-electron chi connectivity index (χ0n) is 22.4. The topological polar surface area (TPSA) is 89.5 Å². The Balaban J connectivity index is 1.47. The van der Waals surface area contributed by atoms with Gasteiger partial charge < -0.3 is 34.3 Å². The summed E-state index contributed by atoms with van der Waals surface area (Å²) < 4.78 is 24.1. The molecule has 0 spiro atoms. The Bertz CT molecular complexity index is 1250. The summed E-state index contributed by atoms with van der Waals surface area (Å²) in [6, 6.07) is 25.9. The van der Waals surface area contributed by atoms with Gasteiger partial charge in [0.05, 0.1) is 26.9 Å². The fraction of sp³-hybridized carbons (Fsp3) is 0.323. The van der Waals surface area contributed by atoms with Crippen LogP contribution in [0, 0.1) is 0 Å². The Hall–Kier alpha value is -3.85. The lowest BCUT2D eigenvalue weighted by atomic mass is 9.80. The summed E-state index contributed by atoms with van der Waals surface area (Å²) in [4.78, 5) is 13.5. The molecule has 0 radical (unpaired) electrons. The van der Waals surface area contributed by atoms with Crippen molar-refractivity contribution in [2.24, 2.45) is 0 Å². The molecule has 5 rings (SSSR count). The number of nitrogens with zero attached hydrogens (tertiary/aromatic N) is 1. The molecule has 1 fully saturated rings. The van der Waals surface area contributed by atoms with E-state index in [0.29, 0.717) is 18.6 Å². The average Bonchev–Trinajstić information content (AvgIpc) is 3.45. The van der Waals surface area contributed by atoms with E-state index in [4.69, 9.17) is 18.9 Å². The Morgan fingerprint density at radius 3 is 2.03 bits per heavy atom. The molecule has 1 amide bonds. The molecule has 39 heavy (non-hydrogen) atoms. The van der Waals surface area contributed by atoms with Crippen LogP contribution in [-0.2, 0) is 19.9 Å². The number of aliphatic hydroxyl groups is 1. The van der Waals surface area contributed by atoms with Crippen molar-refractivity contribution < 1.29 is 28.8 Å². The number of hydrogen-bond acceptors (Lipinski definition) is 7. The summed E-state index contributed by atoms with van der Waals surface area (Å²) in [7, 11) is 3.29. The quantitative estimate of drug-likeness (QED) is 0.402. The predicted octanol–water partition coefficient (Wildman–Crippen LogP) is 4.13. The third-order valence-corrected chi connectivity index (χ3v) is 7.32. The van der Waals surface area contributed by atoms with Crippen molar-refractivity contribution in [1.82, 2.24) is 10.2 Å². The van der Waals surface area contributed by atoms with Crippen LogP contribution in [0.15, 0.2) is 90.6 Å². The molecular formula is C31H34N2O6. The molecule has 0 saturated carbocycles. The van der Waals surface area contributed by atoms with Crippen LogP contribution < -0.4 is 14.8 Å². The van der Waals surface area contributed by atoms with Gasteiger partial charge in [0, 0.05) is 11.8 Å². The van der Waals surface area contributed by atoms with Gasteiger partial charge >= 0.3 is 0 Å². The first-order chi connectivity index (χ1) is 18.9. The van der Waals surface area contributed by atoms with Gasteiger partial charge in [-0.25, -0.2) is 0 Å². The van der Waals surface area contributed by atoms with Crippen molar-refractivity contribution in [2.75, 3.05) is 20.8 Å². The number of rotatable bonds is 9. The highest BCUT2D eigenvalue weighted by Gasteiger charge is 2.41. The highest BCUT2D eigenvalue weighted by molar-refractivity contribution is 5.93. The molecule has 3 aromatic rings. The molecule has 0 aliphatic carbocycles. The largest absolute Gasteiger partial charge is 0.497 e. The number of aliphatic hydroxyl groups excluding tert-OH is 1. The van der Waals surface area contributed by atoms with Gasteiger partial charge in [-0.05, 0) is 60.7 Å². The van der Waals surface area contributed by atoms with Crippen LogP contribution in [0.3, 0.4) is 0 Å². The van der Waals surface area contributed by atoms with Crippen molar-refractivity contribution in [3.05, 3.63) is 107 Å². The first-order valence-corrected chi connectivity index (χ1v) is 13.0. The van der Waals surface area contributed by atoms with Crippen molar-refractivity contribution in [3.8, 4) is 11.5 Å². The first-order valence-electron chi connectivity index (χ1n) is 13.0. The molecule has 8 heteroatoms. The fourth-order valence-corrected chi connectivity index (χ4v) is 5.22. The summed E-state index contributed by atoms with van der Waals surface area (Å²) in [6.07, 6.45) is 1.36. The van der Waals surface area contributed by atoms with E-state index in [2.05, 4.69) is 17.4 Å². The third-order valence-electron chi connectivity index (χ3n) is 7.32. The second-order valence-electron chi connectivity index (χ2n) is 9.71. The molecule has 2 aliphatic heterocycles. The highest BCUT2D eigenvalue weighted by Crippen LogP contribution is 2.42. The number of amides is 1. The smallest absolute Gasteiger partial charge is 0.251 e. The SMILES string of the molecule is COc1ccc(C(OCC2CCC(N3C=C(C)C(=O)NC3O)O2)(c2ccccc2)c2ccc(OC)cc2)cc1. The summed E-state index contributed by atoms with van der Waals surface area (Å²) >= 11 is 0. The van der Waals surface area contributed by atoms with Gasteiger partial charge in [0.1, 0.15) is 23.3 Å². The normalized spacial score (nSPS) is 21.3. The van der Waals surface area contributed by atoms with E-state index < -0.39 is 12.0 Å². The number of nitrogens with one attached hydrogen (secondary N) is 1. The van der Waals surface area contributed by atoms with Gasteiger partial charge in [-0.15, -0.1) is 0 Å². The minimum atomic E-state index is -1.13. The number of ether oxygens (including phenoxy) is 4. The summed E-state index contributed by atoms with van der Waals surface area (Å²) in [5.41, 5.74) is 2.45. The molecular weight excluding hydrogens is 496 g/mol. The predicted molar refractivity (Wildman–Crippen MR) is 146 cm³/mol. The summed E-state index contributed by atoms with van der Waals surface area (Å²) in [6.45, 7) is 2.02. The lowest BCUT2D eigenvalue weighted by Gasteiger charge is -2.37. The Kier molecular flexibility index (Phi) is 7.88. The number of carbonyl (C=O) groups is 1. The molecule has 3 atom stereocenters. The first kappa shape index (κ1) is 26.7. The van der Waals surface area contributed by atoms with Gasteiger partial charge in [-0.2, -0.15) is 0 Å². The van der Waals surface area contributed by atoms with Gasteiger partial charge in [-0.3, -0.25) is 4.79 Å². The lowest BCUT2D eigenvalue weighted by molar-refractivity contribution is -0.147. The van der Waals surface area contributed by atoms with E-state index in [1.807, 2.05) is 66.7 Å². The molecule has 2 aliphatic rings. The maximum absolute atomic E-state index is 11.9. The molecule has 3 aromatic carbocycles. The minimum absolute atomic E-state index is 0.215. The molecule has 8 nitrogen and oxygen atoms in total. The second-order valence-corrected chi connectivity index (χ2v) is 9.71. The van der Waals surface area contributed by atoms with Gasteiger partial charge in [-0.1, -0.05) is 54.6 Å². The van der Waals surface area contributed by atoms with Crippen LogP contribution in [-0.4, -0.2) is 55.4 Å². The van der Waals surface area contributed by atoms with Crippen LogP contribution in [0.5, 0.6) is 11.5 Å². The number of carbonyl (C=O) groups excluding carboxylic acids is 1. The Labute approximate surface area is 228 Å². The molecule has 3 unspecified atom stereocenters. The lowest BCUT2D eigenvalue weighted by Crippen LogP contribution is -2.53. The molecule has 2 heterocycles. The van der Waals surface area contributed by atoms with Crippen LogP contribution in [0.2, 0.25) is 0 Å². The van der Waals surface area contributed by atoms with E-state index in [1.165, 1.54) is 0 Å². The zero-order chi connectivity index (χ0) is 27.4. The molecule has 1 saturated heterocycles. The standard InChI is InChI=1S/C31H34N2O6/c1-21-19-33(30(35)32-29(21)34)28-18-17-27(39-28)20-38-31(22-7-5-4-6-8-22,23-9-13-25(36-2)14-10-23)24-11-15-26(37-3)16-12-24/h4-16,19,27-28,30,35H,17-18,20H2,1-3H3,(H,32,34). The zero-order valence-corrected chi connectivity index (χ0v) is 22.4. The van der Waals surface area contributed by atoms with Crippen LogP contribution in [0.25, 0.3) is 0 Å². The van der Waals surface area contributed by atoms with Crippen LogP contribution in [0.4, 0.5) is 0 Å². The van der Waals surface area contributed by atoms with Crippen molar-refractivity contribution >= 4 is 5.91 Å². The number of methoxy groups -OCH3 is 2. The molecule has 0 bridgehead atoms. The van der Waals surface area contributed by atoms with E-state index in [9.17, 15) is 9.90 Å². The van der Waals surface area contributed by atoms with Crippen LogP contribution >= 0.6 is 0 Å². The van der Waals surface area contributed by atoms with E-state index >= 15 is 0 Å². The monoisotopic (exact) mass is 530 g/mol. The number of benzene rings is 3. The molecule has 2 N–H and O–H groups in total. The second kappa shape index (κ2) is 11.5. The van der Waals surface area contributed by atoms with Crippen molar-refractivity contribution in [1.29, 1.82) is 0 Å². The Morgan fingerprint density at radius 2 is 1.46 bits per heavy atom. The Morgan fingerprint density at radius 1 is 0.897 bits per heavy atom. The fourth-order valence-electron chi connectivity index (χ4n) is 5.22. The van der Waals surface area contributed by atoms with E-state index in [0.717, 1.165) is 34.6 Å². The molecule has 0 aromatic heterocycles. The maximum atomic E-state index is 11.9. The van der Waals surface area contributed by atoms with Crippen LogP contribution in [0.1, 0.15) is 36.5 Å². The van der Waals surface area contributed by atoms with Crippen molar-refractivity contribution in [3.63, 3.8) is 0 Å². The van der Waals surface area contributed by atoms with E-state index in [1.54, 1.807) is 32.2 Å². The van der Waals surface area contributed by atoms with Crippen molar-refractivity contribution in [2.45, 2.75) is 44.1 Å². The van der Waals surface area contributed by atoms with Gasteiger partial charge in [0.2, 0.25) is 6.35 Å². The van der Waals surface area contributed by atoms with Gasteiger partial charge in [0.15, 0.2) is 0 Å². The van der Waals surface area contributed by atoms with E-state index in [-0.39, 0.29) is 18.2 Å². The maximum Gasteiger partial charge on any atom is 0.251 e.